The number of aliphatic hydroxyl groups is 2. The monoisotopic (exact) mass is 240 g/mol. The van der Waals surface area contributed by atoms with Gasteiger partial charge in [0.25, 0.3) is 0 Å². The molecule has 0 spiro atoms. The molecular formula is C8H22O2Zr. The molecular weight excluding hydrogens is 219 g/mol. The first-order valence-corrected chi connectivity index (χ1v) is 2.83. The predicted octanol–water partition coefficient (Wildman–Crippen LogP) is 1.67. The maximum atomic E-state index is 8.06. The molecule has 0 saturated carbocycles. The third kappa shape index (κ3) is 1300. The third-order valence-corrected chi connectivity index (χ3v) is 0. The van der Waals surface area contributed by atoms with Gasteiger partial charge >= 0.3 is 26.2 Å². The Bertz CT molecular complexity index is 27.6. The molecule has 2 N–H and O–H groups in total. The minimum atomic E-state index is -0.167. The number of hydrogen-bond acceptors (Lipinski definition) is 2. The van der Waals surface area contributed by atoms with Crippen LogP contribution in [0.1, 0.15) is 27.7 Å². The molecule has 0 atom stereocenters. The van der Waals surface area contributed by atoms with E-state index < -0.39 is 0 Å². The smallest absolute Gasteiger partial charge is 0.394 e. The van der Waals surface area contributed by atoms with Gasteiger partial charge in [-0.25, -0.2) is 0 Å². The van der Waals surface area contributed by atoms with Crippen molar-refractivity contribution in [2.24, 2.45) is 0 Å². The summed E-state index contributed by atoms with van der Waals surface area (Å²) in [6.45, 7) is 6.89. The molecule has 0 rings (SSSR count). The van der Waals surface area contributed by atoms with Gasteiger partial charge in [-0.1, -0.05) is 0 Å². The fraction of sp³-hybridized carbons (Fsp3) is 0.750. The molecule has 70 valence electrons. The Morgan fingerprint density at radius 2 is 0.727 bits per heavy atom. The van der Waals surface area contributed by atoms with Gasteiger partial charge in [0.15, 0.2) is 0 Å². The Balaban J connectivity index is -0.0000000171. The normalized spacial score (nSPS) is 6.55. The van der Waals surface area contributed by atoms with Gasteiger partial charge in [0.1, 0.15) is 0 Å². The van der Waals surface area contributed by atoms with Gasteiger partial charge < -0.3 is 25.1 Å². The zero-order valence-electron chi connectivity index (χ0n) is 8.55. The molecule has 11 heavy (non-hydrogen) atoms. The van der Waals surface area contributed by atoms with E-state index in [1.807, 2.05) is 0 Å². The average molecular weight is 241 g/mol. The topological polar surface area (TPSA) is 40.5 Å². The van der Waals surface area contributed by atoms with Crippen molar-refractivity contribution in [3.05, 3.63) is 14.9 Å². The van der Waals surface area contributed by atoms with E-state index in [1.165, 1.54) is 0 Å². The van der Waals surface area contributed by atoms with Crippen molar-refractivity contribution >= 4 is 0 Å². The molecule has 0 heterocycles. The van der Waals surface area contributed by atoms with Crippen molar-refractivity contribution in [1.82, 2.24) is 0 Å². The van der Waals surface area contributed by atoms with E-state index in [1.54, 1.807) is 27.7 Å². The Labute approximate surface area is 91.1 Å². The maximum Gasteiger partial charge on any atom is 2.00 e. The largest absolute Gasteiger partial charge is 2.00 e. The minimum Gasteiger partial charge on any atom is -0.394 e. The third-order valence-electron chi connectivity index (χ3n) is 0. The van der Waals surface area contributed by atoms with Gasteiger partial charge in [-0.15, -0.1) is 0 Å². The molecule has 0 radical (unpaired) electrons. The van der Waals surface area contributed by atoms with Gasteiger partial charge in [-0.2, -0.15) is 0 Å². The first-order valence-electron chi connectivity index (χ1n) is 2.83. The molecule has 0 bridgehead atoms. The Morgan fingerprint density at radius 1 is 0.727 bits per heavy atom. The number of hydrogen-bond donors (Lipinski definition) is 2. The summed E-state index contributed by atoms with van der Waals surface area (Å²) < 4.78 is 0. The fourth-order valence-corrected chi connectivity index (χ4v) is 0. The number of rotatable bonds is 0. The summed E-state index contributed by atoms with van der Waals surface area (Å²) >= 11 is 0. The molecule has 0 aromatic carbocycles. The zero-order chi connectivity index (χ0) is 7.15. The van der Waals surface area contributed by atoms with Gasteiger partial charge in [0.05, 0.1) is 0 Å². The first-order chi connectivity index (χ1) is 3.46. The van der Waals surface area contributed by atoms with Crippen LogP contribution in [0, 0.1) is 14.9 Å². The summed E-state index contributed by atoms with van der Waals surface area (Å²) in [5.41, 5.74) is 0. The van der Waals surface area contributed by atoms with E-state index in [-0.39, 0.29) is 53.3 Å². The van der Waals surface area contributed by atoms with Crippen LogP contribution in [0.25, 0.3) is 0 Å². The molecule has 0 aromatic rings. The van der Waals surface area contributed by atoms with Crippen LogP contribution in [0.3, 0.4) is 0 Å². The molecule has 0 saturated heterocycles. The van der Waals surface area contributed by atoms with E-state index in [2.05, 4.69) is 0 Å². The molecule has 0 aliphatic heterocycles. The molecule has 0 fully saturated rings. The van der Waals surface area contributed by atoms with Crippen molar-refractivity contribution in [3.8, 4) is 0 Å². The van der Waals surface area contributed by atoms with Crippen molar-refractivity contribution in [1.29, 1.82) is 0 Å². The van der Waals surface area contributed by atoms with E-state index in [0.717, 1.165) is 0 Å². The average Bonchev–Trinajstić information content (AvgIpc) is 1.25. The van der Waals surface area contributed by atoms with Crippen LogP contribution in [-0.2, 0) is 26.2 Å². The van der Waals surface area contributed by atoms with Crippen molar-refractivity contribution in [3.63, 3.8) is 0 Å². The van der Waals surface area contributed by atoms with Crippen LogP contribution < -0.4 is 0 Å². The van der Waals surface area contributed by atoms with Crippen LogP contribution in [-0.4, -0.2) is 22.4 Å². The molecule has 2 nitrogen and oxygen atoms in total. The van der Waals surface area contributed by atoms with Crippen molar-refractivity contribution < 1.29 is 36.4 Å². The summed E-state index contributed by atoms with van der Waals surface area (Å²) in [7, 11) is 0. The fourth-order valence-electron chi connectivity index (χ4n) is 0. The van der Waals surface area contributed by atoms with Crippen LogP contribution in [0.15, 0.2) is 0 Å². The molecule has 0 unspecified atom stereocenters. The van der Waals surface area contributed by atoms with E-state index in [0.29, 0.717) is 0 Å². The molecule has 3 heteroatoms. The van der Waals surface area contributed by atoms with Gasteiger partial charge in [-0.3, -0.25) is 0 Å². The summed E-state index contributed by atoms with van der Waals surface area (Å²) in [5, 5.41) is 16.1. The Kier molecular flexibility index (Phi) is 60.7. The summed E-state index contributed by atoms with van der Waals surface area (Å²) in [6, 6.07) is 0. The molecule has 0 aromatic heterocycles. The van der Waals surface area contributed by atoms with Crippen LogP contribution in [0.5, 0.6) is 0 Å². The summed E-state index contributed by atoms with van der Waals surface area (Å²) in [4.78, 5) is 0. The van der Waals surface area contributed by atoms with E-state index in [4.69, 9.17) is 10.2 Å². The van der Waals surface area contributed by atoms with Crippen molar-refractivity contribution in [2.75, 3.05) is 0 Å². The Morgan fingerprint density at radius 3 is 0.727 bits per heavy atom. The van der Waals surface area contributed by atoms with Crippen LogP contribution in [0.4, 0.5) is 0 Å². The van der Waals surface area contributed by atoms with Crippen molar-refractivity contribution in [2.45, 2.75) is 39.9 Å². The quantitative estimate of drug-likeness (QED) is 0.634. The molecule has 0 amide bonds. The summed E-state index contributed by atoms with van der Waals surface area (Å²) in [5.74, 6) is 0. The number of aliphatic hydroxyl groups excluding tert-OH is 2. The second-order valence-electron chi connectivity index (χ2n) is 2.19. The second kappa shape index (κ2) is 22.4. The maximum absolute atomic E-state index is 8.06. The van der Waals surface area contributed by atoms with Gasteiger partial charge in [0, 0.05) is 12.2 Å². The predicted molar refractivity (Wildman–Crippen MR) is 47.5 cm³/mol. The van der Waals surface area contributed by atoms with E-state index >= 15 is 0 Å². The second-order valence-corrected chi connectivity index (χ2v) is 2.19. The van der Waals surface area contributed by atoms with E-state index in [9.17, 15) is 0 Å². The summed E-state index contributed by atoms with van der Waals surface area (Å²) in [6.07, 6.45) is -0.333. The van der Waals surface area contributed by atoms with Gasteiger partial charge in [0.2, 0.25) is 0 Å². The van der Waals surface area contributed by atoms with Crippen LogP contribution >= 0.6 is 0 Å². The van der Waals surface area contributed by atoms with Crippen LogP contribution in [0.2, 0.25) is 0 Å². The SMILES string of the molecule is CC(C)O.CC(C)O.[CH3-].[CH3-].[Zr+2]. The standard InChI is InChI=1S/2C3H8O.2CH3.Zr/c2*1-3(2)4;;;/h2*3-4H,1-2H3;2*1H3;/q;;2*-1;+2. The minimum absolute atomic E-state index is 0. The Hall–Kier alpha value is 0.803. The zero-order valence-corrected chi connectivity index (χ0v) is 11.0. The molecule has 0 aliphatic carbocycles. The molecule has 0 aliphatic rings. The van der Waals surface area contributed by atoms with Gasteiger partial charge in [-0.05, 0) is 27.7 Å². The first kappa shape index (κ1) is 29.8.